The fraction of sp³-hybridized carbons (Fsp3) is 0.517. The molecule has 0 heterocycles. The van der Waals surface area contributed by atoms with Crippen molar-refractivity contribution in [2.24, 2.45) is 11.8 Å². The van der Waals surface area contributed by atoms with Crippen molar-refractivity contribution in [3.63, 3.8) is 0 Å². The van der Waals surface area contributed by atoms with E-state index < -0.39 is 0 Å². The van der Waals surface area contributed by atoms with Gasteiger partial charge >= 0.3 is 11.9 Å². The first kappa shape index (κ1) is 26.6. The molecule has 0 N–H and O–H groups in total. The third-order valence-corrected chi connectivity index (χ3v) is 6.27. The van der Waals surface area contributed by atoms with Gasteiger partial charge in [-0.2, -0.15) is 0 Å². The summed E-state index contributed by atoms with van der Waals surface area (Å²) in [4.78, 5) is 25.3. The highest BCUT2D eigenvalue weighted by atomic mass is 16.5. The van der Waals surface area contributed by atoms with Crippen molar-refractivity contribution in [2.75, 3.05) is 6.61 Å². The zero-order valence-corrected chi connectivity index (χ0v) is 20.5. The number of benzene rings is 2. The van der Waals surface area contributed by atoms with Gasteiger partial charge in [0, 0.05) is 5.92 Å². The van der Waals surface area contributed by atoms with Crippen LogP contribution in [0.1, 0.15) is 92.9 Å². The first-order valence-electron chi connectivity index (χ1n) is 12.5. The molecule has 0 amide bonds. The summed E-state index contributed by atoms with van der Waals surface area (Å²) in [6, 6.07) is 18.3. The van der Waals surface area contributed by atoms with Crippen LogP contribution in [0.25, 0.3) is 0 Å². The van der Waals surface area contributed by atoms with Crippen molar-refractivity contribution >= 4 is 11.9 Å². The van der Waals surface area contributed by atoms with Gasteiger partial charge in [0.15, 0.2) is 0 Å². The van der Waals surface area contributed by atoms with Crippen molar-refractivity contribution < 1.29 is 19.1 Å². The standard InChI is InChI=1S/C29H40O4/c1-4-6-10-20-26(22-32-28(30)24-16-12-8-13-17-24)27(21-11-7-5-2)23(3)33-29(31)25-18-14-9-15-19-25/h8-9,12-19,23,26-27H,4-7,10-11,20-22H2,1-3H3. The van der Waals surface area contributed by atoms with E-state index in [9.17, 15) is 9.59 Å². The molecule has 0 spiro atoms. The molecule has 4 heteroatoms. The summed E-state index contributed by atoms with van der Waals surface area (Å²) in [7, 11) is 0. The normalized spacial score (nSPS) is 13.7. The maximum atomic E-state index is 12.7. The fourth-order valence-corrected chi connectivity index (χ4v) is 4.30. The summed E-state index contributed by atoms with van der Waals surface area (Å²) in [5.41, 5.74) is 1.13. The van der Waals surface area contributed by atoms with E-state index in [1.807, 2.05) is 43.3 Å². The quantitative estimate of drug-likeness (QED) is 0.208. The minimum absolute atomic E-state index is 0.143. The third kappa shape index (κ3) is 9.41. The van der Waals surface area contributed by atoms with E-state index in [4.69, 9.17) is 9.47 Å². The molecule has 33 heavy (non-hydrogen) atoms. The highest BCUT2D eigenvalue weighted by Gasteiger charge is 2.30. The second kappa shape index (κ2) is 15.3. The topological polar surface area (TPSA) is 52.6 Å². The molecule has 2 aromatic rings. The Hall–Kier alpha value is -2.62. The Morgan fingerprint density at radius 3 is 1.79 bits per heavy atom. The summed E-state index contributed by atoms with van der Waals surface area (Å²) >= 11 is 0. The third-order valence-electron chi connectivity index (χ3n) is 6.27. The van der Waals surface area contributed by atoms with Gasteiger partial charge in [-0.05, 0) is 49.9 Å². The Bertz CT molecular complexity index is 803. The van der Waals surface area contributed by atoms with Crippen LogP contribution in [0.4, 0.5) is 0 Å². The number of hydrogen-bond acceptors (Lipinski definition) is 4. The first-order valence-corrected chi connectivity index (χ1v) is 12.5. The second-order valence-corrected chi connectivity index (χ2v) is 8.86. The molecule has 2 rings (SSSR count). The number of rotatable bonds is 15. The van der Waals surface area contributed by atoms with Gasteiger partial charge in [-0.1, -0.05) is 88.8 Å². The zero-order chi connectivity index (χ0) is 23.9. The SMILES string of the molecule is CCCCCC(COC(=O)c1ccccc1)C(CCCCC)C(C)OC(=O)c1ccccc1. The summed E-state index contributed by atoms with van der Waals surface area (Å²) in [6.45, 7) is 6.71. The van der Waals surface area contributed by atoms with Crippen LogP contribution < -0.4 is 0 Å². The van der Waals surface area contributed by atoms with Crippen molar-refractivity contribution in [2.45, 2.75) is 78.2 Å². The van der Waals surface area contributed by atoms with Crippen LogP contribution in [0.3, 0.4) is 0 Å². The van der Waals surface area contributed by atoms with Gasteiger partial charge in [0.2, 0.25) is 0 Å². The van der Waals surface area contributed by atoms with Gasteiger partial charge in [0.25, 0.3) is 0 Å². The van der Waals surface area contributed by atoms with Crippen molar-refractivity contribution in [1.82, 2.24) is 0 Å². The smallest absolute Gasteiger partial charge is 0.338 e. The van der Waals surface area contributed by atoms with E-state index in [0.29, 0.717) is 17.7 Å². The lowest BCUT2D eigenvalue weighted by molar-refractivity contribution is -0.00777. The average molecular weight is 453 g/mol. The Kier molecular flexibility index (Phi) is 12.3. The van der Waals surface area contributed by atoms with Gasteiger partial charge in [-0.25, -0.2) is 9.59 Å². The molecule has 0 saturated carbocycles. The van der Waals surface area contributed by atoms with Crippen LogP contribution in [0.2, 0.25) is 0 Å². The van der Waals surface area contributed by atoms with Crippen LogP contribution in [-0.4, -0.2) is 24.6 Å². The van der Waals surface area contributed by atoms with E-state index in [2.05, 4.69) is 13.8 Å². The number of hydrogen-bond donors (Lipinski definition) is 0. The van der Waals surface area contributed by atoms with Gasteiger partial charge in [0.1, 0.15) is 6.10 Å². The maximum Gasteiger partial charge on any atom is 0.338 e. The van der Waals surface area contributed by atoms with E-state index in [0.717, 1.165) is 51.4 Å². The zero-order valence-electron chi connectivity index (χ0n) is 20.5. The Labute approximate surface area is 199 Å². The summed E-state index contributed by atoms with van der Waals surface area (Å²) in [6.07, 6.45) is 8.36. The van der Waals surface area contributed by atoms with Gasteiger partial charge in [0.05, 0.1) is 17.7 Å². The lowest BCUT2D eigenvalue weighted by Gasteiger charge is -2.32. The highest BCUT2D eigenvalue weighted by Crippen LogP contribution is 2.30. The monoisotopic (exact) mass is 452 g/mol. The maximum absolute atomic E-state index is 12.7. The minimum Gasteiger partial charge on any atom is -0.462 e. The summed E-state index contributed by atoms with van der Waals surface area (Å²) in [5, 5.41) is 0. The molecular formula is C29H40O4. The number of ether oxygens (including phenoxy) is 2. The molecule has 0 bridgehead atoms. The van der Waals surface area contributed by atoms with Crippen LogP contribution in [-0.2, 0) is 9.47 Å². The molecule has 2 aromatic carbocycles. The number of carbonyl (C=O) groups is 2. The molecule has 0 aliphatic heterocycles. The predicted molar refractivity (Wildman–Crippen MR) is 133 cm³/mol. The molecule has 0 fully saturated rings. The predicted octanol–water partition coefficient (Wildman–Crippen LogP) is 7.48. The Balaban J connectivity index is 2.12. The highest BCUT2D eigenvalue weighted by molar-refractivity contribution is 5.89. The van der Waals surface area contributed by atoms with Gasteiger partial charge < -0.3 is 9.47 Å². The molecule has 0 radical (unpaired) electrons. The second-order valence-electron chi connectivity index (χ2n) is 8.86. The van der Waals surface area contributed by atoms with E-state index in [1.165, 1.54) is 0 Å². The van der Waals surface area contributed by atoms with Crippen molar-refractivity contribution in [1.29, 1.82) is 0 Å². The largest absolute Gasteiger partial charge is 0.462 e. The Morgan fingerprint density at radius 2 is 1.24 bits per heavy atom. The summed E-state index contributed by atoms with van der Waals surface area (Å²) < 4.78 is 11.7. The van der Waals surface area contributed by atoms with Gasteiger partial charge in [-0.3, -0.25) is 0 Å². The lowest BCUT2D eigenvalue weighted by Crippen LogP contribution is -2.33. The molecule has 4 nitrogen and oxygen atoms in total. The minimum atomic E-state index is -0.294. The van der Waals surface area contributed by atoms with Crippen LogP contribution in [0.5, 0.6) is 0 Å². The van der Waals surface area contributed by atoms with Crippen LogP contribution in [0.15, 0.2) is 60.7 Å². The molecule has 0 aliphatic carbocycles. The molecule has 0 saturated heterocycles. The molecule has 0 aliphatic rings. The molecule has 3 unspecified atom stereocenters. The molecular weight excluding hydrogens is 412 g/mol. The van der Waals surface area contributed by atoms with Crippen molar-refractivity contribution in [3.8, 4) is 0 Å². The number of unbranched alkanes of at least 4 members (excludes halogenated alkanes) is 4. The number of esters is 2. The van der Waals surface area contributed by atoms with E-state index in [-0.39, 0.29) is 29.9 Å². The van der Waals surface area contributed by atoms with E-state index >= 15 is 0 Å². The summed E-state index contributed by atoms with van der Waals surface area (Å²) in [5.74, 6) is -0.293. The first-order chi connectivity index (χ1) is 16.1. The van der Waals surface area contributed by atoms with E-state index in [1.54, 1.807) is 24.3 Å². The van der Waals surface area contributed by atoms with Crippen molar-refractivity contribution in [3.05, 3.63) is 71.8 Å². The van der Waals surface area contributed by atoms with Crippen LogP contribution in [0, 0.1) is 11.8 Å². The molecule has 3 atom stereocenters. The average Bonchev–Trinajstić information content (AvgIpc) is 2.85. The molecule has 180 valence electrons. The lowest BCUT2D eigenvalue weighted by atomic mass is 9.81. The number of carbonyl (C=O) groups excluding carboxylic acids is 2. The van der Waals surface area contributed by atoms with Crippen LogP contribution >= 0.6 is 0 Å². The van der Waals surface area contributed by atoms with Gasteiger partial charge in [-0.15, -0.1) is 0 Å². The Morgan fingerprint density at radius 1 is 0.727 bits per heavy atom. The fourth-order valence-electron chi connectivity index (χ4n) is 4.30. The molecule has 0 aromatic heterocycles.